The van der Waals surface area contributed by atoms with Gasteiger partial charge in [-0.2, -0.15) is 0 Å². The van der Waals surface area contributed by atoms with Crippen molar-refractivity contribution in [2.75, 3.05) is 19.6 Å². The standard InChI is InChI=1S/C10H16N2O6/c11-3-6-1-2-7(18-6)10(17)12(4-8(13)14)5-9(15)16/h6-7H,1-5,11H2,(H,13,14)(H,15,16). The Morgan fingerprint density at radius 2 is 1.72 bits per heavy atom. The van der Waals surface area contributed by atoms with E-state index in [-0.39, 0.29) is 12.6 Å². The summed E-state index contributed by atoms with van der Waals surface area (Å²) in [4.78, 5) is 33.8. The molecule has 0 aromatic rings. The monoisotopic (exact) mass is 260 g/mol. The maximum Gasteiger partial charge on any atom is 0.323 e. The van der Waals surface area contributed by atoms with E-state index in [0.29, 0.717) is 12.8 Å². The van der Waals surface area contributed by atoms with Crippen LogP contribution in [0.2, 0.25) is 0 Å². The first kappa shape index (κ1) is 14.4. The normalized spacial score (nSPS) is 22.7. The molecule has 1 fully saturated rings. The quantitative estimate of drug-likeness (QED) is 0.529. The van der Waals surface area contributed by atoms with Crippen molar-refractivity contribution in [1.82, 2.24) is 4.90 Å². The second-order valence-electron chi connectivity index (χ2n) is 4.04. The van der Waals surface area contributed by atoms with Crippen molar-refractivity contribution in [3.05, 3.63) is 0 Å². The van der Waals surface area contributed by atoms with Gasteiger partial charge in [0.1, 0.15) is 19.2 Å². The van der Waals surface area contributed by atoms with Crippen LogP contribution in [0.5, 0.6) is 0 Å². The molecule has 1 aliphatic heterocycles. The van der Waals surface area contributed by atoms with Crippen molar-refractivity contribution in [2.45, 2.75) is 25.0 Å². The molecule has 2 unspecified atom stereocenters. The summed E-state index contributed by atoms with van der Waals surface area (Å²) < 4.78 is 5.31. The van der Waals surface area contributed by atoms with Crippen LogP contribution in [0.15, 0.2) is 0 Å². The average molecular weight is 260 g/mol. The molecule has 8 heteroatoms. The van der Waals surface area contributed by atoms with E-state index in [4.69, 9.17) is 20.7 Å². The lowest BCUT2D eigenvalue weighted by Gasteiger charge is -2.22. The van der Waals surface area contributed by atoms with Crippen LogP contribution >= 0.6 is 0 Å². The van der Waals surface area contributed by atoms with Gasteiger partial charge in [-0.25, -0.2) is 0 Å². The number of carboxylic acid groups (broad SMARTS) is 2. The minimum atomic E-state index is -1.27. The predicted octanol–water partition coefficient (Wildman–Crippen LogP) is -1.51. The highest BCUT2D eigenvalue weighted by atomic mass is 16.5. The molecular formula is C10H16N2O6. The average Bonchev–Trinajstić information content (AvgIpc) is 2.74. The van der Waals surface area contributed by atoms with Gasteiger partial charge < -0.3 is 25.6 Å². The smallest absolute Gasteiger partial charge is 0.323 e. The second-order valence-corrected chi connectivity index (χ2v) is 4.04. The highest BCUT2D eigenvalue weighted by Gasteiger charge is 2.34. The largest absolute Gasteiger partial charge is 0.480 e. The van der Waals surface area contributed by atoms with Crippen molar-refractivity contribution < 1.29 is 29.3 Å². The molecule has 4 N–H and O–H groups in total. The zero-order chi connectivity index (χ0) is 13.7. The van der Waals surface area contributed by atoms with Gasteiger partial charge >= 0.3 is 11.9 Å². The van der Waals surface area contributed by atoms with E-state index in [2.05, 4.69) is 0 Å². The number of amides is 1. The molecule has 1 aliphatic rings. The lowest BCUT2D eigenvalue weighted by molar-refractivity contribution is -0.154. The molecule has 0 saturated carbocycles. The number of nitrogens with two attached hydrogens (primary N) is 1. The molecule has 1 amide bonds. The Bertz CT molecular complexity index is 329. The van der Waals surface area contributed by atoms with Crippen LogP contribution in [0, 0.1) is 0 Å². The van der Waals surface area contributed by atoms with E-state index >= 15 is 0 Å². The fourth-order valence-electron chi connectivity index (χ4n) is 1.80. The van der Waals surface area contributed by atoms with Crippen molar-refractivity contribution in [3.8, 4) is 0 Å². The van der Waals surface area contributed by atoms with E-state index < -0.39 is 37.0 Å². The first-order chi connectivity index (χ1) is 8.43. The second kappa shape index (κ2) is 6.31. The molecule has 1 heterocycles. The highest BCUT2D eigenvalue weighted by molar-refractivity contribution is 5.87. The fraction of sp³-hybridized carbons (Fsp3) is 0.700. The van der Waals surface area contributed by atoms with Gasteiger partial charge in [0.05, 0.1) is 6.10 Å². The van der Waals surface area contributed by atoms with Gasteiger partial charge in [-0.15, -0.1) is 0 Å². The van der Waals surface area contributed by atoms with Crippen molar-refractivity contribution in [1.29, 1.82) is 0 Å². The van der Waals surface area contributed by atoms with Crippen LogP contribution < -0.4 is 5.73 Å². The van der Waals surface area contributed by atoms with Crippen molar-refractivity contribution in [3.63, 3.8) is 0 Å². The van der Waals surface area contributed by atoms with Gasteiger partial charge in [-0.1, -0.05) is 0 Å². The van der Waals surface area contributed by atoms with E-state index in [1.165, 1.54) is 0 Å². The molecule has 1 rings (SSSR count). The fourth-order valence-corrected chi connectivity index (χ4v) is 1.80. The summed E-state index contributed by atoms with van der Waals surface area (Å²) in [6, 6.07) is 0. The molecule has 102 valence electrons. The van der Waals surface area contributed by atoms with Crippen molar-refractivity contribution in [2.24, 2.45) is 5.73 Å². The molecule has 0 radical (unpaired) electrons. The molecule has 0 aliphatic carbocycles. The van der Waals surface area contributed by atoms with E-state index in [0.717, 1.165) is 4.90 Å². The minimum absolute atomic E-state index is 0.226. The SMILES string of the molecule is NCC1CCC(C(=O)N(CC(=O)O)CC(=O)O)O1. The first-order valence-corrected chi connectivity index (χ1v) is 5.52. The Morgan fingerprint density at radius 1 is 1.17 bits per heavy atom. The van der Waals surface area contributed by atoms with Crippen LogP contribution in [0.4, 0.5) is 0 Å². The summed E-state index contributed by atoms with van der Waals surface area (Å²) >= 11 is 0. The third-order valence-corrected chi connectivity index (χ3v) is 2.61. The van der Waals surface area contributed by atoms with Crippen LogP contribution in [0.1, 0.15) is 12.8 Å². The molecule has 0 aromatic carbocycles. The summed E-state index contributed by atoms with van der Waals surface area (Å²) in [5.74, 6) is -3.15. The van der Waals surface area contributed by atoms with Gasteiger partial charge in [-0.05, 0) is 12.8 Å². The van der Waals surface area contributed by atoms with Crippen molar-refractivity contribution >= 4 is 17.8 Å². The van der Waals surface area contributed by atoms with Crippen LogP contribution in [0.25, 0.3) is 0 Å². The third-order valence-electron chi connectivity index (χ3n) is 2.61. The van der Waals surface area contributed by atoms with E-state index in [1.807, 2.05) is 0 Å². The number of hydrogen-bond donors (Lipinski definition) is 3. The van der Waals surface area contributed by atoms with Crippen LogP contribution in [-0.4, -0.2) is 64.8 Å². The molecular weight excluding hydrogens is 244 g/mol. The van der Waals surface area contributed by atoms with Gasteiger partial charge in [0.2, 0.25) is 0 Å². The van der Waals surface area contributed by atoms with Gasteiger partial charge in [0, 0.05) is 6.54 Å². The number of carboxylic acids is 2. The van der Waals surface area contributed by atoms with Crippen LogP contribution in [0.3, 0.4) is 0 Å². The number of carbonyl (C=O) groups excluding carboxylic acids is 1. The molecule has 18 heavy (non-hydrogen) atoms. The maximum absolute atomic E-state index is 11.9. The maximum atomic E-state index is 11.9. The highest BCUT2D eigenvalue weighted by Crippen LogP contribution is 2.20. The number of nitrogens with zero attached hydrogens (tertiary/aromatic N) is 1. The number of aliphatic carboxylic acids is 2. The zero-order valence-corrected chi connectivity index (χ0v) is 9.74. The molecule has 0 bridgehead atoms. The van der Waals surface area contributed by atoms with Gasteiger partial charge in [-0.3, -0.25) is 14.4 Å². The topological polar surface area (TPSA) is 130 Å². The summed E-state index contributed by atoms with van der Waals surface area (Å²) in [5, 5.41) is 17.3. The number of ether oxygens (including phenoxy) is 1. The Labute approximate surface area is 103 Å². The lowest BCUT2D eigenvalue weighted by Crippen LogP contribution is -2.45. The van der Waals surface area contributed by atoms with Gasteiger partial charge in [0.15, 0.2) is 0 Å². The number of rotatable bonds is 6. The lowest BCUT2D eigenvalue weighted by atomic mass is 10.2. The number of carbonyl (C=O) groups is 3. The molecule has 0 spiro atoms. The van der Waals surface area contributed by atoms with Crippen LogP contribution in [-0.2, 0) is 19.1 Å². The molecule has 8 nitrogen and oxygen atoms in total. The van der Waals surface area contributed by atoms with Gasteiger partial charge in [0.25, 0.3) is 5.91 Å². The molecule has 0 aromatic heterocycles. The van der Waals surface area contributed by atoms with E-state index in [9.17, 15) is 14.4 Å². The number of hydrogen-bond acceptors (Lipinski definition) is 5. The zero-order valence-electron chi connectivity index (χ0n) is 9.74. The Morgan fingerprint density at radius 3 is 2.11 bits per heavy atom. The third kappa shape index (κ3) is 3.97. The molecule has 1 saturated heterocycles. The Kier molecular flexibility index (Phi) is 5.05. The summed E-state index contributed by atoms with van der Waals surface area (Å²) in [5.41, 5.74) is 5.40. The Balaban J connectivity index is 2.64. The van der Waals surface area contributed by atoms with E-state index in [1.54, 1.807) is 0 Å². The summed E-state index contributed by atoms with van der Waals surface area (Å²) in [6.07, 6.45) is 0.0184. The Hall–Kier alpha value is -1.67. The molecule has 2 atom stereocenters. The summed E-state index contributed by atoms with van der Waals surface area (Å²) in [6.45, 7) is -1.03. The first-order valence-electron chi connectivity index (χ1n) is 5.52. The predicted molar refractivity (Wildman–Crippen MR) is 58.8 cm³/mol. The summed E-state index contributed by atoms with van der Waals surface area (Å²) in [7, 11) is 0. The minimum Gasteiger partial charge on any atom is -0.480 e.